The molecule has 0 radical (unpaired) electrons. The fraction of sp³-hybridized carbons (Fsp3) is 0.182. The van der Waals surface area contributed by atoms with Gasteiger partial charge < -0.3 is 10.1 Å². The van der Waals surface area contributed by atoms with E-state index in [1.807, 2.05) is 30.3 Å². The van der Waals surface area contributed by atoms with Gasteiger partial charge in [0, 0.05) is 19.8 Å². The Morgan fingerprint density at radius 2 is 1.67 bits per heavy atom. The molecule has 0 aliphatic carbocycles. The zero-order valence-corrected chi connectivity index (χ0v) is 17.7. The van der Waals surface area contributed by atoms with Crippen molar-refractivity contribution in [3.05, 3.63) is 71.8 Å². The van der Waals surface area contributed by atoms with Crippen LogP contribution in [-0.4, -0.2) is 45.3 Å². The highest BCUT2D eigenvalue weighted by Gasteiger charge is 2.20. The number of hydrogen-bond acceptors (Lipinski definition) is 5. The molecule has 0 aliphatic heterocycles. The Kier molecular flexibility index (Phi) is 6.19. The number of esters is 1. The van der Waals surface area contributed by atoms with Crippen LogP contribution in [0, 0.1) is 6.92 Å². The van der Waals surface area contributed by atoms with Gasteiger partial charge in [0.2, 0.25) is 10.0 Å². The van der Waals surface area contributed by atoms with Gasteiger partial charge in [-0.15, -0.1) is 0 Å². The van der Waals surface area contributed by atoms with Crippen LogP contribution in [0.1, 0.15) is 15.9 Å². The summed E-state index contributed by atoms with van der Waals surface area (Å²) in [6.45, 7) is 1.18. The van der Waals surface area contributed by atoms with Crippen LogP contribution in [0.25, 0.3) is 10.8 Å². The third-order valence-electron chi connectivity index (χ3n) is 4.55. The zero-order chi connectivity index (χ0) is 21.9. The number of carbonyl (C=O) groups excluding carboxylic acids is 2. The molecule has 3 rings (SSSR count). The molecular weight excluding hydrogens is 404 g/mol. The second-order valence-corrected chi connectivity index (χ2v) is 9.07. The molecule has 156 valence electrons. The van der Waals surface area contributed by atoms with Crippen molar-refractivity contribution in [1.82, 2.24) is 4.31 Å². The van der Waals surface area contributed by atoms with Crippen molar-refractivity contribution in [3.8, 4) is 0 Å². The topological polar surface area (TPSA) is 92.8 Å². The fourth-order valence-corrected chi connectivity index (χ4v) is 4.02. The Hall–Kier alpha value is -3.23. The van der Waals surface area contributed by atoms with E-state index in [1.54, 1.807) is 31.2 Å². The van der Waals surface area contributed by atoms with E-state index in [0.29, 0.717) is 16.8 Å². The largest absolute Gasteiger partial charge is 0.452 e. The van der Waals surface area contributed by atoms with E-state index < -0.39 is 28.5 Å². The Labute approximate surface area is 175 Å². The summed E-state index contributed by atoms with van der Waals surface area (Å²) in [5, 5.41) is 4.45. The molecule has 0 unspecified atom stereocenters. The van der Waals surface area contributed by atoms with E-state index in [-0.39, 0.29) is 4.90 Å². The number of fused-ring (bicyclic) bond motifs is 1. The third-order valence-corrected chi connectivity index (χ3v) is 6.51. The zero-order valence-electron chi connectivity index (χ0n) is 16.9. The number of nitrogens with one attached hydrogen (secondary N) is 1. The van der Waals surface area contributed by atoms with Crippen LogP contribution < -0.4 is 5.32 Å². The number of amides is 1. The number of hydrogen-bond donors (Lipinski definition) is 1. The summed E-state index contributed by atoms with van der Waals surface area (Å²) in [4.78, 5) is 24.6. The minimum absolute atomic E-state index is 0.0958. The van der Waals surface area contributed by atoms with Gasteiger partial charge in [0.15, 0.2) is 6.61 Å². The predicted molar refractivity (Wildman–Crippen MR) is 115 cm³/mol. The number of rotatable bonds is 6. The second-order valence-electron chi connectivity index (χ2n) is 6.95. The molecular formula is C22H22N2O5S. The quantitative estimate of drug-likeness (QED) is 0.611. The lowest BCUT2D eigenvalue weighted by atomic mass is 10.1. The summed E-state index contributed by atoms with van der Waals surface area (Å²) in [5.41, 5.74) is 1.20. The molecule has 3 aromatic rings. The minimum atomic E-state index is -3.65. The van der Waals surface area contributed by atoms with Crippen molar-refractivity contribution >= 4 is 38.4 Å². The number of ether oxygens (including phenoxy) is 1. The molecule has 30 heavy (non-hydrogen) atoms. The van der Waals surface area contributed by atoms with Gasteiger partial charge in [0.05, 0.1) is 10.5 Å². The highest BCUT2D eigenvalue weighted by atomic mass is 32.2. The molecule has 0 saturated heterocycles. The Morgan fingerprint density at radius 1 is 0.967 bits per heavy atom. The van der Waals surface area contributed by atoms with Gasteiger partial charge in [-0.25, -0.2) is 17.5 Å². The van der Waals surface area contributed by atoms with E-state index in [4.69, 9.17) is 4.74 Å². The molecule has 1 amide bonds. The first-order chi connectivity index (χ1) is 14.2. The molecule has 0 saturated carbocycles. The van der Waals surface area contributed by atoms with Crippen LogP contribution in [0.5, 0.6) is 0 Å². The van der Waals surface area contributed by atoms with Gasteiger partial charge in [0.25, 0.3) is 5.91 Å². The van der Waals surface area contributed by atoms with Crippen molar-refractivity contribution in [2.75, 3.05) is 26.0 Å². The average molecular weight is 426 g/mol. The number of benzene rings is 3. The van der Waals surface area contributed by atoms with Crippen molar-refractivity contribution < 1.29 is 22.7 Å². The van der Waals surface area contributed by atoms with Gasteiger partial charge in [-0.2, -0.15) is 0 Å². The summed E-state index contributed by atoms with van der Waals surface area (Å²) in [7, 11) is -0.775. The van der Waals surface area contributed by atoms with Gasteiger partial charge in [-0.05, 0) is 47.5 Å². The van der Waals surface area contributed by atoms with Crippen molar-refractivity contribution in [1.29, 1.82) is 0 Å². The van der Waals surface area contributed by atoms with Crippen LogP contribution in [0.15, 0.2) is 65.6 Å². The van der Waals surface area contributed by atoms with E-state index in [1.165, 1.54) is 20.2 Å². The third kappa shape index (κ3) is 4.67. The molecule has 3 aromatic carbocycles. The Morgan fingerprint density at radius 3 is 2.37 bits per heavy atom. The van der Waals surface area contributed by atoms with Crippen molar-refractivity contribution in [2.24, 2.45) is 0 Å². The normalized spacial score (nSPS) is 11.5. The molecule has 1 N–H and O–H groups in total. The monoisotopic (exact) mass is 426 g/mol. The highest BCUT2D eigenvalue weighted by molar-refractivity contribution is 7.89. The number of anilines is 1. The molecule has 0 aliphatic rings. The van der Waals surface area contributed by atoms with E-state index in [2.05, 4.69) is 5.32 Å². The molecule has 0 bridgehead atoms. The van der Waals surface area contributed by atoms with E-state index >= 15 is 0 Å². The van der Waals surface area contributed by atoms with Gasteiger partial charge in [-0.3, -0.25) is 4.79 Å². The first kappa shape index (κ1) is 21.5. The second kappa shape index (κ2) is 8.64. The molecule has 0 spiro atoms. The number of aryl methyl sites for hydroxylation is 1. The first-order valence-corrected chi connectivity index (χ1v) is 10.6. The maximum Gasteiger partial charge on any atom is 0.338 e. The highest BCUT2D eigenvalue weighted by Crippen LogP contribution is 2.22. The number of nitrogens with zero attached hydrogens (tertiary/aromatic N) is 1. The van der Waals surface area contributed by atoms with Crippen LogP contribution in [0.2, 0.25) is 0 Å². The Balaban J connectivity index is 1.66. The van der Waals surface area contributed by atoms with Crippen LogP contribution in [0.4, 0.5) is 5.69 Å². The summed E-state index contributed by atoms with van der Waals surface area (Å²) in [6.07, 6.45) is 0. The van der Waals surface area contributed by atoms with Gasteiger partial charge >= 0.3 is 5.97 Å². The predicted octanol–water partition coefficient (Wildman–Crippen LogP) is 3.19. The Bertz CT molecular complexity index is 1220. The summed E-state index contributed by atoms with van der Waals surface area (Å²) in [5.74, 6) is -1.18. The maximum atomic E-state index is 12.4. The van der Waals surface area contributed by atoms with Crippen LogP contribution in [0.3, 0.4) is 0 Å². The van der Waals surface area contributed by atoms with Gasteiger partial charge in [0.1, 0.15) is 0 Å². The molecule has 0 heterocycles. The number of sulfonamides is 1. The standard InChI is InChI=1S/C22H22N2O5S/c1-15-8-11-19(13-20(15)30(27,28)24(2)3)23-21(25)14-29-22(26)18-10-9-16-6-4-5-7-17(16)12-18/h4-13H,14H2,1-3H3,(H,23,25). The molecule has 0 atom stereocenters. The van der Waals surface area contributed by atoms with Gasteiger partial charge in [-0.1, -0.05) is 36.4 Å². The molecule has 0 fully saturated rings. The minimum Gasteiger partial charge on any atom is -0.452 e. The summed E-state index contributed by atoms with van der Waals surface area (Å²) < 4.78 is 31.0. The van der Waals surface area contributed by atoms with Crippen molar-refractivity contribution in [3.63, 3.8) is 0 Å². The fourth-order valence-electron chi connectivity index (χ4n) is 2.88. The lowest BCUT2D eigenvalue weighted by Gasteiger charge is -2.15. The van der Waals surface area contributed by atoms with Crippen LogP contribution >= 0.6 is 0 Å². The lowest BCUT2D eigenvalue weighted by Crippen LogP contribution is -2.24. The first-order valence-electron chi connectivity index (χ1n) is 9.17. The van der Waals surface area contributed by atoms with Crippen LogP contribution in [-0.2, 0) is 19.6 Å². The average Bonchev–Trinajstić information content (AvgIpc) is 2.72. The SMILES string of the molecule is Cc1ccc(NC(=O)COC(=O)c2ccc3ccccc3c2)cc1S(=O)(=O)N(C)C. The summed E-state index contributed by atoms with van der Waals surface area (Å²) >= 11 is 0. The molecule has 0 aromatic heterocycles. The van der Waals surface area contributed by atoms with Crippen molar-refractivity contribution in [2.45, 2.75) is 11.8 Å². The molecule has 8 heteroatoms. The number of carbonyl (C=O) groups is 2. The summed E-state index contributed by atoms with van der Waals surface area (Å²) in [6, 6.07) is 17.3. The molecule has 7 nitrogen and oxygen atoms in total. The lowest BCUT2D eigenvalue weighted by molar-refractivity contribution is -0.119. The maximum absolute atomic E-state index is 12.4. The van der Waals surface area contributed by atoms with E-state index in [0.717, 1.165) is 15.1 Å². The smallest absolute Gasteiger partial charge is 0.338 e. The van der Waals surface area contributed by atoms with E-state index in [9.17, 15) is 18.0 Å².